The van der Waals surface area contributed by atoms with Gasteiger partial charge >= 0.3 is 12.1 Å². The first-order valence-electron chi connectivity index (χ1n) is 10.2. The Morgan fingerprint density at radius 2 is 1.97 bits per heavy atom. The second-order valence-corrected chi connectivity index (χ2v) is 8.24. The lowest BCUT2D eigenvalue weighted by Gasteiger charge is -2.35. The van der Waals surface area contributed by atoms with Gasteiger partial charge in [-0.2, -0.15) is 5.10 Å². The van der Waals surface area contributed by atoms with E-state index in [4.69, 9.17) is 0 Å². The van der Waals surface area contributed by atoms with Gasteiger partial charge in [0.15, 0.2) is 17.5 Å². The number of nitrogens with one attached hydrogen (secondary N) is 2. The van der Waals surface area contributed by atoms with Crippen molar-refractivity contribution in [1.29, 1.82) is 0 Å². The monoisotopic (exact) mass is 434 g/mol. The van der Waals surface area contributed by atoms with Crippen molar-refractivity contribution < 1.29 is 22.8 Å². The Morgan fingerprint density at radius 1 is 1.23 bits per heavy atom. The van der Waals surface area contributed by atoms with Crippen LogP contribution in [0.2, 0.25) is 0 Å². The van der Waals surface area contributed by atoms with E-state index >= 15 is 0 Å². The van der Waals surface area contributed by atoms with Gasteiger partial charge in [-0.25, -0.2) is 22.8 Å². The zero-order chi connectivity index (χ0) is 21.9. The number of fused-ring (bicyclic) bond motifs is 2. The normalized spacial score (nSPS) is 24.8. The molecule has 31 heavy (non-hydrogen) atoms. The molecule has 5 rings (SSSR count). The molecule has 2 N–H and O–H groups in total. The fourth-order valence-electron chi connectivity index (χ4n) is 4.77. The molecule has 1 aromatic carbocycles. The Bertz CT molecular complexity index is 1050. The molecule has 3 heterocycles. The van der Waals surface area contributed by atoms with Crippen LogP contribution >= 0.6 is 0 Å². The van der Waals surface area contributed by atoms with Gasteiger partial charge in [0.05, 0.1) is 48.8 Å². The van der Waals surface area contributed by atoms with Crippen LogP contribution in [0.5, 0.6) is 0 Å². The van der Waals surface area contributed by atoms with Crippen LogP contribution in [0, 0.1) is 17.5 Å². The highest BCUT2D eigenvalue weighted by Gasteiger charge is 2.45. The molecule has 1 aliphatic carbocycles. The molecule has 3 aliphatic rings. The first-order chi connectivity index (χ1) is 14.8. The molecule has 3 atom stereocenters. The van der Waals surface area contributed by atoms with E-state index in [2.05, 4.69) is 15.7 Å². The summed E-state index contributed by atoms with van der Waals surface area (Å²) in [6.07, 6.45) is 4.52. The second-order valence-electron chi connectivity index (χ2n) is 8.24. The fourth-order valence-corrected chi connectivity index (χ4v) is 4.77. The average Bonchev–Trinajstić information content (AvgIpc) is 3.39. The summed E-state index contributed by atoms with van der Waals surface area (Å²) in [6.45, 7) is 2.39. The third-order valence-corrected chi connectivity index (χ3v) is 6.31. The van der Waals surface area contributed by atoms with Crippen molar-refractivity contribution in [1.82, 2.24) is 20.0 Å². The summed E-state index contributed by atoms with van der Waals surface area (Å²) in [6, 6.07) is 0.631. The molecule has 2 aliphatic heterocycles. The van der Waals surface area contributed by atoms with Crippen molar-refractivity contribution >= 4 is 23.4 Å². The van der Waals surface area contributed by atoms with E-state index in [1.807, 2.05) is 6.92 Å². The topological polar surface area (TPSA) is 82.5 Å². The molecule has 2 unspecified atom stereocenters. The summed E-state index contributed by atoms with van der Waals surface area (Å²) < 4.78 is 42.0. The number of hydrogen-bond donors (Lipinski definition) is 2. The molecule has 11 heteroatoms. The van der Waals surface area contributed by atoms with E-state index in [9.17, 15) is 22.8 Å². The molecule has 0 spiro atoms. The van der Waals surface area contributed by atoms with E-state index in [-0.39, 0.29) is 36.4 Å². The zero-order valence-electron chi connectivity index (χ0n) is 16.7. The van der Waals surface area contributed by atoms with E-state index in [1.54, 1.807) is 15.8 Å². The van der Waals surface area contributed by atoms with E-state index in [0.717, 1.165) is 31.4 Å². The number of benzene rings is 1. The van der Waals surface area contributed by atoms with Gasteiger partial charge in [0.2, 0.25) is 0 Å². The summed E-state index contributed by atoms with van der Waals surface area (Å²) in [5.41, 5.74) is 1.20. The summed E-state index contributed by atoms with van der Waals surface area (Å²) in [4.78, 5) is 28.6. The Morgan fingerprint density at radius 3 is 2.71 bits per heavy atom. The quantitative estimate of drug-likeness (QED) is 0.713. The first-order valence-corrected chi connectivity index (χ1v) is 10.2. The molecule has 1 saturated carbocycles. The number of hydrogen-bond acceptors (Lipinski definition) is 3. The predicted octanol–water partition coefficient (Wildman–Crippen LogP) is 3.19. The van der Waals surface area contributed by atoms with Crippen LogP contribution in [0.3, 0.4) is 0 Å². The molecule has 164 valence electrons. The molecule has 1 saturated heterocycles. The molecular formula is C20H21F3N6O2. The second kappa shape index (κ2) is 7.17. The Labute approximate surface area is 176 Å². The Hall–Kier alpha value is -3.24. The number of carbonyl (C=O) groups excluding carboxylic acids is 2. The number of aromatic nitrogens is 2. The molecule has 0 bridgehead atoms. The summed E-state index contributed by atoms with van der Waals surface area (Å²) >= 11 is 0. The minimum Gasteiger partial charge on any atom is -0.333 e. The third kappa shape index (κ3) is 3.19. The number of halogens is 3. The molecule has 4 amide bonds. The minimum absolute atomic E-state index is 0.0631. The number of amides is 4. The lowest BCUT2D eigenvalue weighted by atomic mass is 10.1. The number of rotatable bonds is 2. The van der Waals surface area contributed by atoms with Gasteiger partial charge in [0.1, 0.15) is 0 Å². The number of carbonyl (C=O) groups is 2. The maximum atomic E-state index is 13.5. The van der Waals surface area contributed by atoms with Gasteiger partial charge in [-0.3, -0.25) is 9.58 Å². The van der Waals surface area contributed by atoms with E-state index < -0.39 is 23.5 Å². The van der Waals surface area contributed by atoms with Crippen LogP contribution in [-0.2, 0) is 13.1 Å². The maximum Gasteiger partial charge on any atom is 0.322 e. The number of urea groups is 2. The largest absolute Gasteiger partial charge is 0.333 e. The lowest BCUT2D eigenvalue weighted by Crippen LogP contribution is -2.47. The predicted molar refractivity (Wildman–Crippen MR) is 105 cm³/mol. The Kier molecular flexibility index (Phi) is 4.56. The van der Waals surface area contributed by atoms with Crippen LogP contribution in [0.15, 0.2) is 18.3 Å². The van der Waals surface area contributed by atoms with Crippen molar-refractivity contribution in [3.8, 4) is 0 Å². The SMILES string of the molecule is C[C@H]1Cn2ncc(N3C(=O)NC4CCCC43)c2CN1C(=O)Nc1cc(F)c(F)c(F)c1. The van der Waals surface area contributed by atoms with Crippen LogP contribution in [-0.4, -0.2) is 44.9 Å². The van der Waals surface area contributed by atoms with Crippen LogP contribution in [0.1, 0.15) is 31.9 Å². The summed E-state index contributed by atoms with van der Waals surface area (Å²) in [5, 5.41) is 9.84. The third-order valence-electron chi connectivity index (χ3n) is 6.31. The molecule has 2 aromatic rings. The van der Waals surface area contributed by atoms with Crippen LogP contribution in [0.4, 0.5) is 34.1 Å². The lowest BCUT2D eigenvalue weighted by molar-refractivity contribution is 0.161. The van der Waals surface area contributed by atoms with Crippen molar-refractivity contribution in [2.45, 2.75) is 57.4 Å². The van der Waals surface area contributed by atoms with Gasteiger partial charge in [0, 0.05) is 17.8 Å². The van der Waals surface area contributed by atoms with Gasteiger partial charge in [0.25, 0.3) is 0 Å². The van der Waals surface area contributed by atoms with Crippen LogP contribution < -0.4 is 15.5 Å². The zero-order valence-corrected chi connectivity index (χ0v) is 16.7. The molecular weight excluding hydrogens is 413 g/mol. The molecule has 8 nitrogen and oxygen atoms in total. The number of nitrogens with zero attached hydrogens (tertiary/aromatic N) is 4. The molecule has 2 fully saturated rings. The highest BCUT2D eigenvalue weighted by atomic mass is 19.2. The highest BCUT2D eigenvalue weighted by Crippen LogP contribution is 2.36. The van der Waals surface area contributed by atoms with E-state index in [1.165, 1.54) is 4.90 Å². The van der Waals surface area contributed by atoms with Crippen molar-refractivity contribution in [2.75, 3.05) is 10.2 Å². The summed E-state index contributed by atoms with van der Waals surface area (Å²) in [7, 11) is 0. The standard InChI is InChI=1S/C20H21F3N6O2/c1-10-8-28-17(16(7-24-28)29-15-4-2-3-14(15)26-20(29)31)9-27(10)19(30)25-11-5-12(21)18(23)13(22)6-11/h5-7,10,14-15H,2-4,8-9H2,1H3,(H,25,30)(H,26,31)/t10-,14?,15?/m0/s1. The molecule has 0 radical (unpaired) electrons. The smallest absolute Gasteiger partial charge is 0.322 e. The molecule has 1 aromatic heterocycles. The highest BCUT2D eigenvalue weighted by molar-refractivity contribution is 5.96. The van der Waals surface area contributed by atoms with Crippen molar-refractivity contribution in [3.05, 3.63) is 41.5 Å². The van der Waals surface area contributed by atoms with Gasteiger partial charge in [-0.1, -0.05) is 0 Å². The average molecular weight is 434 g/mol. The maximum absolute atomic E-state index is 13.5. The minimum atomic E-state index is -1.59. The van der Waals surface area contributed by atoms with Gasteiger partial charge in [-0.15, -0.1) is 0 Å². The fraction of sp³-hybridized carbons (Fsp3) is 0.450. The Balaban J connectivity index is 1.39. The van der Waals surface area contributed by atoms with Gasteiger partial charge in [-0.05, 0) is 26.2 Å². The summed E-state index contributed by atoms with van der Waals surface area (Å²) in [5.74, 6) is -4.35. The first kappa shape index (κ1) is 19.7. The van der Waals surface area contributed by atoms with Crippen LogP contribution in [0.25, 0.3) is 0 Å². The number of anilines is 2. The van der Waals surface area contributed by atoms with Gasteiger partial charge < -0.3 is 15.5 Å². The van der Waals surface area contributed by atoms with Crippen molar-refractivity contribution in [2.24, 2.45) is 0 Å². The van der Waals surface area contributed by atoms with E-state index in [0.29, 0.717) is 17.9 Å². The van der Waals surface area contributed by atoms with Crippen molar-refractivity contribution in [3.63, 3.8) is 0 Å².